The molecule has 3 rings (SSSR count). The molecule has 0 aliphatic heterocycles. The van der Waals surface area contributed by atoms with E-state index in [2.05, 4.69) is 48.6 Å². The molecule has 4 heteroatoms. The number of aryl methyl sites for hydroxylation is 1. The Kier molecular flexibility index (Phi) is 4.45. The fourth-order valence-corrected chi connectivity index (χ4v) is 3.98. The minimum Gasteiger partial charge on any atom is -0.348 e. The molecule has 1 atom stereocenters. The lowest BCUT2D eigenvalue weighted by Crippen LogP contribution is -2.15. The minimum absolute atomic E-state index is 0.519. The molecule has 2 heterocycles. The van der Waals surface area contributed by atoms with Gasteiger partial charge in [-0.2, -0.15) is 0 Å². The van der Waals surface area contributed by atoms with E-state index in [4.69, 9.17) is 4.98 Å². The van der Waals surface area contributed by atoms with Gasteiger partial charge in [0.25, 0.3) is 0 Å². The summed E-state index contributed by atoms with van der Waals surface area (Å²) in [6.45, 7) is 5.31. The van der Waals surface area contributed by atoms with Crippen LogP contribution in [0.3, 0.4) is 0 Å². The molecule has 21 heavy (non-hydrogen) atoms. The van der Waals surface area contributed by atoms with Gasteiger partial charge in [0.1, 0.15) is 0 Å². The Labute approximate surface area is 131 Å². The summed E-state index contributed by atoms with van der Waals surface area (Å²) in [5, 5.41) is 6.92. The van der Waals surface area contributed by atoms with Gasteiger partial charge in [0.05, 0.1) is 17.2 Å². The second-order valence-electron chi connectivity index (χ2n) is 6.33. The van der Waals surface area contributed by atoms with Gasteiger partial charge in [-0.15, -0.1) is 11.3 Å². The van der Waals surface area contributed by atoms with Gasteiger partial charge in [0.2, 0.25) is 0 Å². The van der Waals surface area contributed by atoms with E-state index in [1.165, 1.54) is 47.5 Å². The molecule has 0 bridgehead atoms. The third kappa shape index (κ3) is 3.22. The monoisotopic (exact) mass is 303 g/mol. The molecule has 0 saturated carbocycles. The molecular weight excluding hydrogens is 278 g/mol. The molecule has 0 fully saturated rings. The average Bonchev–Trinajstić information content (AvgIpc) is 3.03. The van der Waals surface area contributed by atoms with E-state index in [9.17, 15) is 0 Å². The summed E-state index contributed by atoms with van der Waals surface area (Å²) >= 11 is 1.78. The van der Waals surface area contributed by atoms with E-state index in [0.717, 1.165) is 6.54 Å². The third-order valence-corrected chi connectivity index (χ3v) is 5.51. The molecule has 2 aromatic heterocycles. The van der Waals surface area contributed by atoms with Crippen LogP contribution in [0.5, 0.6) is 0 Å². The Morgan fingerprint density at radius 2 is 2.24 bits per heavy atom. The molecule has 2 aromatic rings. The fourth-order valence-electron chi connectivity index (χ4n) is 3.15. The molecule has 0 amide bonds. The highest BCUT2D eigenvalue weighted by Crippen LogP contribution is 2.29. The smallest absolute Gasteiger partial charge is 0.0954 e. The van der Waals surface area contributed by atoms with Crippen molar-refractivity contribution < 1.29 is 0 Å². The topological polar surface area (TPSA) is 29.9 Å². The van der Waals surface area contributed by atoms with Crippen LogP contribution in [-0.4, -0.2) is 16.6 Å². The van der Waals surface area contributed by atoms with Crippen molar-refractivity contribution in [3.63, 3.8) is 0 Å². The molecule has 0 radical (unpaired) electrons. The lowest BCUT2D eigenvalue weighted by molar-refractivity contribution is 0.531. The van der Waals surface area contributed by atoms with Crippen LogP contribution in [0.2, 0.25) is 0 Å². The molecule has 114 valence electrons. The first-order valence-electron chi connectivity index (χ1n) is 7.97. The zero-order valence-electron chi connectivity index (χ0n) is 13.2. The first-order chi connectivity index (χ1) is 10.2. The van der Waals surface area contributed by atoms with E-state index in [1.54, 1.807) is 11.3 Å². The van der Waals surface area contributed by atoms with Gasteiger partial charge in [-0.3, -0.25) is 0 Å². The quantitative estimate of drug-likeness (QED) is 0.862. The van der Waals surface area contributed by atoms with Crippen LogP contribution in [0, 0.1) is 0 Å². The number of aromatic nitrogens is 2. The maximum Gasteiger partial charge on any atom is 0.0954 e. The summed E-state index contributed by atoms with van der Waals surface area (Å²) in [6, 6.07) is 0.519. The van der Waals surface area contributed by atoms with Crippen molar-refractivity contribution >= 4 is 11.3 Å². The van der Waals surface area contributed by atoms with Crippen molar-refractivity contribution in [2.75, 3.05) is 7.05 Å². The third-order valence-electron chi connectivity index (χ3n) is 4.32. The van der Waals surface area contributed by atoms with Gasteiger partial charge in [-0.1, -0.05) is 20.3 Å². The predicted octanol–water partition coefficient (Wildman–Crippen LogP) is 4.10. The summed E-state index contributed by atoms with van der Waals surface area (Å²) in [5.41, 5.74) is 4.20. The van der Waals surface area contributed by atoms with Crippen molar-refractivity contribution in [3.05, 3.63) is 39.6 Å². The Morgan fingerprint density at radius 3 is 2.95 bits per heavy atom. The molecule has 1 N–H and O–H groups in total. The molecular formula is C17H25N3S. The Hall–Kier alpha value is -1.13. The number of hydrogen-bond donors (Lipinski definition) is 1. The zero-order chi connectivity index (χ0) is 14.8. The van der Waals surface area contributed by atoms with E-state index in [-0.39, 0.29) is 0 Å². The lowest BCUT2D eigenvalue weighted by atomic mass is 10.1. The van der Waals surface area contributed by atoms with E-state index >= 15 is 0 Å². The molecule has 3 nitrogen and oxygen atoms in total. The number of thiazole rings is 1. The molecule has 1 aliphatic carbocycles. The normalized spacial score (nSPS) is 18.8. The van der Waals surface area contributed by atoms with E-state index < -0.39 is 0 Å². The maximum atomic E-state index is 4.75. The van der Waals surface area contributed by atoms with E-state index in [0.29, 0.717) is 12.0 Å². The number of fused-ring (bicyclic) bond motifs is 1. The van der Waals surface area contributed by atoms with E-state index in [1.807, 2.05) is 0 Å². The highest BCUT2D eigenvalue weighted by atomic mass is 32.1. The van der Waals surface area contributed by atoms with Crippen molar-refractivity contribution in [1.82, 2.24) is 14.9 Å². The van der Waals surface area contributed by atoms with Gasteiger partial charge >= 0.3 is 0 Å². The van der Waals surface area contributed by atoms with Crippen molar-refractivity contribution in [2.45, 2.75) is 58.0 Å². The van der Waals surface area contributed by atoms with Crippen LogP contribution in [-0.2, 0) is 13.0 Å². The van der Waals surface area contributed by atoms with Crippen LogP contribution < -0.4 is 5.32 Å². The zero-order valence-corrected chi connectivity index (χ0v) is 14.0. The summed E-state index contributed by atoms with van der Waals surface area (Å²) < 4.78 is 2.32. The lowest BCUT2D eigenvalue weighted by Gasteiger charge is -2.13. The average molecular weight is 303 g/mol. The standard InChI is InChI=1S/C17H25N3S/c1-12(2)17-19-14(11-21-17)9-20-8-13-6-4-5-7-16(18-3)15(13)10-20/h8,10-12,16,18H,4-7,9H2,1-3H3. The number of hydrogen-bond acceptors (Lipinski definition) is 3. The summed E-state index contributed by atoms with van der Waals surface area (Å²) in [5.74, 6) is 0.527. The largest absolute Gasteiger partial charge is 0.348 e. The predicted molar refractivity (Wildman–Crippen MR) is 89.1 cm³/mol. The van der Waals surface area contributed by atoms with Gasteiger partial charge in [0.15, 0.2) is 0 Å². The maximum absolute atomic E-state index is 4.75. The van der Waals surface area contributed by atoms with Crippen LogP contribution in [0.4, 0.5) is 0 Å². The van der Waals surface area contributed by atoms with Crippen LogP contribution in [0.15, 0.2) is 17.8 Å². The molecule has 0 spiro atoms. The van der Waals surface area contributed by atoms with Crippen molar-refractivity contribution in [2.24, 2.45) is 0 Å². The number of rotatable bonds is 4. The van der Waals surface area contributed by atoms with Gasteiger partial charge < -0.3 is 9.88 Å². The van der Waals surface area contributed by atoms with Crippen LogP contribution >= 0.6 is 11.3 Å². The second kappa shape index (κ2) is 6.32. The summed E-state index contributed by atoms with van der Waals surface area (Å²) in [7, 11) is 2.08. The fraction of sp³-hybridized carbons (Fsp3) is 0.588. The Balaban J connectivity index is 1.80. The van der Waals surface area contributed by atoms with Gasteiger partial charge in [-0.25, -0.2) is 4.98 Å². The Morgan fingerprint density at radius 1 is 1.38 bits per heavy atom. The SMILES string of the molecule is CNC1CCCCc2cn(Cc3csc(C(C)C)n3)cc21. The summed E-state index contributed by atoms with van der Waals surface area (Å²) in [6.07, 6.45) is 9.76. The first-order valence-corrected chi connectivity index (χ1v) is 8.85. The van der Waals surface area contributed by atoms with Crippen molar-refractivity contribution in [3.8, 4) is 0 Å². The minimum atomic E-state index is 0.519. The number of nitrogens with zero attached hydrogens (tertiary/aromatic N) is 2. The number of nitrogens with one attached hydrogen (secondary N) is 1. The molecule has 1 aliphatic rings. The first kappa shape index (κ1) is 14.8. The second-order valence-corrected chi connectivity index (χ2v) is 7.22. The van der Waals surface area contributed by atoms with Gasteiger partial charge in [0, 0.05) is 29.7 Å². The highest BCUT2D eigenvalue weighted by molar-refractivity contribution is 7.09. The summed E-state index contributed by atoms with van der Waals surface area (Å²) in [4.78, 5) is 4.75. The van der Waals surface area contributed by atoms with Crippen molar-refractivity contribution in [1.29, 1.82) is 0 Å². The molecule has 1 unspecified atom stereocenters. The molecule has 0 aromatic carbocycles. The van der Waals surface area contributed by atoms with Gasteiger partial charge in [-0.05, 0) is 37.4 Å². The van der Waals surface area contributed by atoms with Crippen LogP contribution in [0.25, 0.3) is 0 Å². The molecule has 0 saturated heterocycles. The Bertz CT molecular complexity index is 597. The highest BCUT2D eigenvalue weighted by Gasteiger charge is 2.19. The van der Waals surface area contributed by atoms with Crippen LogP contribution in [0.1, 0.15) is 66.9 Å².